The van der Waals surface area contributed by atoms with E-state index in [1.54, 1.807) is 22.9 Å². The number of carbonyl (C=O) groups excluding carboxylic acids is 2. The van der Waals surface area contributed by atoms with E-state index in [0.29, 0.717) is 50.8 Å². The number of rotatable bonds is 10. The Balaban J connectivity index is 1.68. The quantitative estimate of drug-likeness (QED) is 0.148. The fourth-order valence-electron chi connectivity index (χ4n) is 4.21. The summed E-state index contributed by atoms with van der Waals surface area (Å²) >= 11 is 1.40. The zero-order chi connectivity index (χ0) is 27.2. The molecule has 0 saturated carbocycles. The van der Waals surface area contributed by atoms with Crippen LogP contribution < -0.4 is 21.6 Å². The molecule has 204 valence electrons. The average molecular weight is 545 g/mol. The predicted octanol–water partition coefficient (Wildman–Crippen LogP) is 2.47. The molecule has 0 aliphatic carbocycles. The van der Waals surface area contributed by atoms with Gasteiger partial charge in [-0.05, 0) is 36.9 Å². The SMILES string of the molecule is COC(=O)c1cc(N)c(Nn2c(N)nc3cc(C(=O)OC)cc(OCCCN4CCOCC4)c32)c(SC)c1. The Hall–Kier alpha value is -3.68. The number of ether oxygens (including phenoxy) is 4. The maximum Gasteiger partial charge on any atom is 0.338 e. The number of methoxy groups -OCH3 is 2. The average Bonchev–Trinajstić information content (AvgIpc) is 3.25. The first kappa shape index (κ1) is 27.4. The zero-order valence-corrected chi connectivity index (χ0v) is 22.4. The third kappa shape index (κ3) is 5.90. The van der Waals surface area contributed by atoms with E-state index in [9.17, 15) is 9.59 Å². The van der Waals surface area contributed by atoms with E-state index in [-0.39, 0.29) is 5.95 Å². The first-order chi connectivity index (χ1) is 18.4. The van der Waals surface area contributed by atoms with Crippen molar-refractivity contribution in [1.82, 2.24) is 14.6 Å². The summed E-state index contributed by atoms with van der Waals surface area (Å²) in [5.74, 6) is -0.464. The molecule has 2 heterocycles. The van der Waals surface area contributed by atoms with Gasteiger partial charge in [0.2, 0.25) is 5.95 Å². The van der Waals surface area contributed by atoms with Gasteiger partial charge in [-0.15, -0.1) is 11.8 Å². The summed E-state index contributed by atoms with van der Waals surface area (Å²) in [6.45, 7) is 4.52. The summed E-state index contributed by atoms with van der Waals surface area (Å²) in [4.78, 5) is 31.9. The van der Waals surface area contributed by atoms with E-state index in [0.717, 1.165) is 39.3 Å². The molecule has 1 aromatic heterocycles. The van der Waals surface area contributed by atoms with Crippen LogP contribution in [0.25, 0.3) is 11.0 Å². The summed E-state index contributed by atoms with van der Waals surface area (Å²) in [6, 6.07) is 6.42. The summed E-state index contributed by atoms with van der Waals surface area (Å²) in [7, 11) is 2.63. The van der Waals surface area contributed by atoms with Crippen molar-refractivity contribution in [2.24, 2.45) is 0 Å². The molecule has 12 nitrogen and oxygen atoms in total. The van der Waals surface area contributed by atoms with Crippen LogP contribution in [0.3, 0.4) is 0 Å². The fourth-order valence-corrected chi connectivity index (χ4v) is 4.82. The molecule has 0 atom stereocenters. The molecule has 3 aromatic rings. The smallest absolute Gasteiger partial charge is 0.338 e. The van der Waals surface area contributed by atoms with E-state index in [1.165, 1.54) is 32.0 Å². The molecule has 1 aliphatic heterocycles. The van der Waals surface area contributed by atoms with Gasteiger partial charge in [-0.2, -0.15) is 0 Å². The molecular weight excluding hydrogens is 512 g/mol. The largest absolute Gasteiger partial charge is 0.491 e. The lowest BCUT2D eigenvalue weighted by Crippen LogP contribution is -2.37. The van der Waals surface area contributed by atoms with Crippen molar-refractivity contribution < 1.29 is 28.5 Å². The monoisotopic (exact) mass is 544 g/mol. The van der Waals surface area contributed by atoms with Crippen LogP contribution in [0, 0.1) is 0 Å². The topological polar surface area (TPSA) is 156 Å². The summed E-state index contributed by atoms with van der Waals surface area (Å²) in [5.41, 5.74) is 18.3. The van der Waals surface area contributed by atoms with Crippen molar-refractivity contribution in [1.29, 1.82) is 0 Å². The number of hydrogen-bond donors (Lipinski definition) is 3. The number of nitrogens with two attached hydrogens (primary N) is 2. The number of nitrogen functional groups attached to an aromatic ring is 2. The Morgan fingerprint density at radius 3 is 2.42 bits per heavy atom. The van der Waals surface area contributed by atoms with Crippen molar-refractivity contribution in [2.45, 2.75) is 11.3 Å². The summed E-state index contributed by atoms with van der Waals surface area (Å²) in [5, 5.41) is 0. The highest BCUT2D eigenvalue weighted by atomic mass is 32.2. The predicted molar refractivity (Wildman–Crippen MR) is 146 cm³/mol. The van der Waals surface area contributed by atoms with Gasteiger partial charge in [-0.25, -0.2) is 19.2 Å². The number of nitrogens with zero attached hydrogens (tertiary/aromatic N) is 3. The van der Waals surface area contributed by atoms with Gasteiger partial charge in [0.25, 0.3) is 0 Å². The molecular formula is C25H32N6O6S. The van der Waals surface area contributed by atoms with E-state index >= 15 is 0 Å². The third-order valence-electron chi connectivity index (χ3n) is 6.14. The molecule has 0 unspecified atom stereocenters. The standard InChI is InChI=1S/C25H32N6O6S/c1-34-23(32)15-11-17(26)21(20(14-15)38-3)29-31-22-18(28-25(31)27)12-16(24(33)35-2)13-19(22)37-8-4-5-30-6-9-36-10-7-30/h11-14,29H,4-10,26H2,1-3H3,(H2,27,28). The minimum atomic E-state index is -0.515. The molecule has 1 saturated heterocycles. The van der Waals surface area contributed by atoms with Crippen molar-refractivity contribution in [3.8, 4) is 5.75 Å². The Bertz CT molecular complexity index is 1320. The second kappa shape index (κ2) is 12.2. The Kier molecular flexibility index (Phi) is 8.81. The summed E-state index contributed by atoms with van der Waals surface area (Å²) < 4.78 is 22.9. The van der Waals surface area contributed by atoms with Crippen LogP contribution in [0.5, 0.6) is 5.75 Å². The molecule has 0 spiro atoms. The number of anilines is 3. The van der Waals surface area contributed by atoms with Crippen LogP contribution in [-0.2, 0) is 14.2 Å². The van der Waals surface area contributed by atoms with Crippen LogP contribution in [0.4, 0.5) is 17.3 Å². The third-order valence-corrected chi connectivity index (χ3v) is 6.90. The van der Waals surface area contributed by atoms with Gasteiger partial charge in [0, 0.05) is 24.5 Å². The highest BCUT2D eigenvalue weighted by Crippen LogP contribution is 2.36. The van der Waals surface area contributed by atoms with E-state index in [2.05, 4.69) is 15.3 Å². The molecule has 13 heteroatoms. The minimum absolute atomic E-state index is 0.128. The van der Waals surface area contributed by atoms with Gasteiger partial charge in [0.15, 0.2) is 0 Å². The van der Waals surface area contributed by atoms with Gasteiger partial charge in [-0.3, -0.25) is 10.3 Å². The lowest BCUT2D eigenvalue weighted by atomic mass is 10.1. The Labute approximate surface area is 224 Å². The van der Waals surface area contributed by atoms with Crippen LogP contribution in [-0.4, -0.2) is 86.4 Å². The molecule has 0 bridgehead atoms. The van der Waals surface area contributed by atoms with Crippen molar-refractivity contribution in [2.75, 3.05) is 76.8 Å². The number of nitrogens with one attached hydrogen (secondary N) is 1. The molecule has 1 fully saturated rings. The van der Waals surface area contributed by atoms with Crippen LogP contribution in [0.2, 0.25) is 0 Å². The Morgan fingerprint density at radius 1 is 1.08 bits per heavy atom. The lowest BCUT2D eigenvalue weighted by molar-refractivity contribution is 0.0358. The number of benzene rings is 2. The highest BCUT2D eigenvalue weighted by Gasteiger charge is 2.21. The number of hydrogen-bond acceptors (Lipinski definition) is 12. The zero-order valence-electron chi connectivity index (χ0n) is 21.6. The second-order valence-corrected chi connectivity index (χ2v) is 9.39. The molecule has 38 heavy (non-hydrogen) atoms. The highest BCUT2D eigenvalue weighted by molar-refractivity contribution is 7.98. The van der Waals surface area contributed by atoms with E-state index < -0.39 is 11.9 Å². The van der Waals surface area contributed by atoms with E-state index in [1.807, 2.05) is 6.26 Å². The molecule has 0 amide bonds. The number of morpholine rings is 1. The van der Waals surface area contributed by atoms with Gasteiger partial charge in [0.1, 0.15) is 11.3 Å². The van der Waals surface area contributed by atoms with Gasteiger partial charge < -0.3 is 30.4 Å². The van der Waals surface area contributed by atoms with Crippen LogP contribution in [0.15, 0.2) is 29.2 Å². The van der Waals surface area contributed by atoms with Crippen molar-refractivity contribution >= 4 is 52.1 Å². The number of carbonyl (C=O) groups is 2. The molecule has 0 radical (unpaired) electrons. The van der Waals surface area contributed by atoms with E-state index in [4.69, 9.17) is 30.4 Å². The first-order valence-corrected chi connectivity index (χ1v) is 13.2. The van der Waals surface area contributed by atoms with Gasteiger partial charge in [0.05, 0.1) is 62.1 Å². The maximum absolute atomic E-state index is 12.3. The lowest BCUT2D eigenvalue weighted by Gasteiger charge is -2.26. The fraction of sp³-hybridized carbons (Fsp3) is 0.400. The number of fused-ring (bicyclic) bond motifs is 1. The number of aromatic nitrogens is 2. The van der Waals surface area contributed by atoms with Crippen molar-refractivity contribution in [3.05, 3.63) is 35.4 Å². The minimum Gasteiger partial charge on any atom is -0.491 e. The Morgan fingerprint density at radius 2 is 1.76 bits per heavy atom. The molecule has 4 rings (SSSR count). The van der Waals surface area contributed by atoms with Crippen molar-refractivity contribution in [3.63, 3.8) is 0 Å². The van der Waals surface area contributed by atoms with Gasteiger partial charge in [-0.1, -0.05) is 0 Å². The van der Waals surface area contributed by atoms with Gasteiger partial charge >= 0.3 is 11.9 Å². The van der Waals surface area contributed by atoms with Crippen LogP contribution >= 0.6 is 11.8 Å². The number of imidazole rings is 1. The second-order valence-electron chi connectivity index (χ2n) is 8.54. The first-order valence-electron chi connectivity index (χ1n) is 12.0. The molecule has 1 aliphatic rings. The molecule has 5 N–H and O–H groups in total. The molecule has 2 aromatic carbocycles. The normalized spacial score (nSPS) is 13.9. The summed E-state index contributed by atoms with van der Waals surface area (Å²) in [6.07, 6.45) is 2.64. The van der Waals surface area contributed by atoms with Crippen LogP contribution in [0.1, 0.15) is 27.1 Å². The number of esters is 2. The maximum atomic E-state index is 12.3. The number of thioether (sulfide) groups is 1.